The van der Waals surface area contributed by atoms with Crippen LogP contribution in [-0.2, 0) is 11.3 Å². The summed E-state index contributed by atoms with van der Waals surface area (Å²) >= 11 is 0. The number of nitrogens with one attached hydrogen (secondary N) is 2. The molecule has 0 unspecified atom stereocenters. The number of likely N-dealkylation sites (N-methyl/N-ethyl adjacent to an activating group) is 1. The van der Waals surface area contributed by atoms with Crippen molar-refractivity contribution >= 4 is 23.3 Å². The number of aryl methyl sites for hydroxylation is 2. The molecule has 12 nitrogen and oxygen atoms in total. The molecule has 1 aromatic carbocycles. The largest absolute Gasteiger partial charge is 0.490 e. The van der Waals surface area contributed by atoms with Gasteiger partial charge >= 0.3 is 6.03 Å². The van der Waals surface area contributed by atoms with Gasteiger partial charge in [0.2, 0.25) is 0 Å². The van der Waals surface area contributed by atoms with Crippen molar-refractivity contribution in [2.75, 3.05) is 44.0 Å². The monoisotopic (exact) mass is 636 g/mol. The summed E-state index contributed by atoms with van der Waals surface area (Å²) in [6.07, 6.45) is 5.86. The third-order valence-corrected chi connectivity index (χ3v) is 8.27. The molecule has 250 valence electrons. The molecule has 0 saturated carbocycles. The zero-order valence-corrected chi connectivity index (χ0v) is 27.8. The van der Waals surface area contributed by atoms with Gasteiger partial charge in [-0.15, -0.1) is 0 Å². The molecule has 4 rings (SSSR count). The third kappa shape index (κ3) is 9.51. The summed E-state index contributed by atoms with van der Waals surface area (Å²) in [6, 6.07) is 8.08. The van der Waals surface area contributed by atoms with E-state index in [4.69, 9.17) is 14.0 Å². The number of aliphatic hydroxyl groups is 1. The summed E-state index contributed by atoms with van der Waals surface area (Å²) in [5.74, 6) is 0.569. The highest BCUT2D eigenvalue weighted by Crippen LogP contribution is 2.29. The number of pyridine rings is 1. The first-order valence-corrected chi connectivity index (χ1v) is 16.0. The molecule has 3 amide bonds. The number of nitrogens with zero attached hydrogens (tertiary/aromatic N) is 4. The van der Waals surface area contributed by atoms with E-state index in [0.717, 1.165) is 31.4 Å². The smallest absolute Gasteiger partial charge is 0.323 e. The number of urea groups is 1. The van der Waals surface area contributed by atoms with E-state index in [2.05, 4.69) is 39.6 Å². The quantitative estimate of drug-likeness (QED) is 0.302. The van der Waals surface area contributed by atoms with E-state index in [9.17, 15) is 14.7 Å². The lowest BCUT2D eigenvalue weighted by molar-refractivity contribution is -0.0177. The lowest BCUT2D eigenvalue weighted by atomic mass is 10.0. The predicted molar refractivity (Wildman–Crippen MR) is 176 cm³/mol. The Bertz CT molecular complexity index is 1410. The Morgan fingerprint density at radius 2 is 1.91 bits per heavy atom. The van der Waals surface area contributed by atoms with Crippen LogP contribution in [0.25, 0.3) is 0 Å². The number of hydrogen-bond donors (Lipinski definition) is 3. The third-order valence-electron chi connectivity index (χ3n) is 8.27. The van der Waals surface area contributed by atoms with Gasteiger partial charge in [-0.2, -0.15) is 0 Å². The van der Waals surface area contributed by atoms with Crippen molar-refractivity contribution in [3.63, 3.8) is 0 Å². The topological polar surface area (TPSA) is 142 Å². The van der Waals surface area contributed by atoms with Crippen molar-refractivity contribution in [3.05, 3.63) is 65.3 Å². The van der Waals surface area contributed by atoms with Crippen LogP contribution in [0.3, 0.4) is 0 Å². The van der Waals surface area contributed by atoms with Crippen LogP contribution in [0.1, 0.15) is 67.4 Å². The maximum absolute atomic E-state index is 14.3. The van der Waals surface area contributed by atoms with E-state index < -0.39 is 12.1 Å². The Morgan fingerprint density at radius 1 is 1.15 bits per heavy atom. The van der Waals surface area contributed by atoms with Gasteiger partial charge in [0.15, 0.2) is 5.76 Å². The van der Waals surface area contributed by atoms with E-state index in [0.29, 0.717) is 53.8 Å². The highest BCUT2D eigenvalue weighted by Gasteiger charge is 2.30. The molecule has 0 fully saturated rings. The van der Waals surface area contributed by atoms with E-state index in [1.807, 2.05) is 26.0 Å². The number of benzene rings is 1. The fourth-order valence-electron chi connectivity index (χ4n) is 5.57. The Balaban J connectivity index is 1.60. The standard InChI is InChI=1S/C34H48N6O6/c1-22-18-40(23(2)21-41)33(42)29-17-28(36-34(43)37-32-25(4)38-46-26(32)5)10-11-30(29)45-24(3)9-7-8-16-44-31(22)20-39(6)19-27-12-14-35-15-13-27/h10-15,17,22-24,31,41H,7-9,16,18-21H2,1-6H3,(H2,36,37,43)/t22-,23+,24+,31-/m0/s1. The Hall–Kier alpha value is -4.00. The van der Waals surface area contributed by atoms with Gasteiger partial charge in [0.05, 0.1) is 30.4 Å². The summed E-state index contributed by atoms with van der Waals surface area (Å²) < 4.78 is 17.9. The van der Waals surface area contributed by atoms with Crippen molar-refractivity contribution in [2.24, 2.45) is 5.92 Å². The molecule has 2 aromatic heterocycles. The van der Waals surface area contributed by atoms with Crippen LogP contribution in [0.4, 0.5) is 16.2 Å². The first-order chi connectivity index (χ1) is 22.0. The number of hydrogen-bond acceptors (Lipinski definition) is 9. The number of carbonyl (C=O) groups excluding carboxylic acids is 2. The van der Waals surface area contributed by atoms with Crippen molar-refractivity contribution < 1.29 is 28.7 Å². The number of carbonyl (C=O) groups is 2. The van der Waals surface area contributed by atoms with Gasteiger partial charge < -0.3 is 34.6 Å². The number of amides is 3. The maximum atomic E-state index is 14.3. The predicted octanol–water partition coefficient (Wildman–Crippen LogP) is 5.26. The molecule has 1 aliphatic heterocycles. The molecule has 1 aliphatic rings. The van der Waals surface area contributed by atoms with E-state index in [1.54, 1.807) is 49.3 Å². The van der Waals surface area contributed by atoms with Gasteiger partial charge in [0.25, 0.3) is 5.91 Å². The summed E-state index contributed by atoms with van der Waals surface area (Å²) in [4.78, 5) is 35.2. The van der Waals surface area contributed by atoms with Gasteiger partial charge in [-0.3, -0.25) is 14.7 Å². The van der Waals surface area contributed by atoms with Gasteiger partial charge in [0, 0.05) is 50.2 Å². The van der Waals surface area contributed by atoms with Crippen molar-refractivity contribution in [1.82, 2.24) is 19.9 Å². The van der Waals surface area contributed by atoms with Crippen LogP contribution in [0.2, 0.25) is 0 Å². The Kier molecular flexibility index (Phi) is 12.5. The molecule has 0 spiro atoms. The van der Waals surface area contributed by atoms with E-state index in [1.165, 1.54) is 0 Å². The van der Waals surface area contributed by atoms with Gasteiger partial charge in [-0.05, 0) is 89.9 Å². The first-order valence-electron chi connectivity index (χ1n) is 16.0. The molecule has 0 bridgehead atoms. The number of aliphatic hydroxyl groups excluding tert-OH is 1. The van der Waals surface area contributed by atoms with Crippen LogP contribution in [0.5, 0.6) is 5.75 Å². The summed E-state index contributed by atoms with van der Waals surface area (Å²) in [6.45, 7) is 11.5. The van der Waals surface area contributed by atoms with Gasteiger partial charge in [-0.25, -0.2) is 4.79 Å². The van der Waals surface area contributed by atoms with Crippen molar-refractivity contribution in [1.29, 1.82) is 0 Å². The molecule has 46 heavy (non-hydrogen) atoms. The fraction of sp³-hybridized carbons (Fsp3) is 0.529. The lowest BCUT2D eigenvalue weighted by Crippen LogP contribution is -2.47. The molecule has 3 aromatic rings. The van der Waals surface area contributed by atoms with E-state index in [-0.39, 0.29) is 30.6 Å². The number of anilines is 2. The second-order valence-electron chi connectivity index (χ2n) is 12.3. The molecule has 0 saturated heterocycles. The van der Waals surface area contributed by atoms with Crippen LogP contribution in [-0.4, -0.2) is 88.6 Å². The number of fused-ring (bicyclic) bond motifs is 1. The Morgan fingerprint density at radius 3 is 2.61 bits per heavy atom. The summed E-state index contributed by atoms with van der Waals surface area (Å²) in [5.41, 5.74) is 2.93. The minimum Gasteiger partial charge on any atom is -0.490 e. The number of rotatable bonds is 8. The highest BCUT2D eigenvalue weighted by molar-refractivity contribution is 6.03. The van der Waals surface area contributed by atoms with Crippen molar-refractivity contribution in [3.8, 4) is 5.75 Å². The van der Waals surface area contributed by atoms with Crippen LogP contribution in [0, 0.1) is 19.8 Å². The Labute approximate surface area is 271 Å². The minimum absolute atomic E-state index is 0.0498. The van der Waals surface area contributed by atoms with Gasteiger partial charge in [0.1, 0.15) is 17.1 Å². The van der Waals surface area contributed by atoms with Gasteiger partial charge in [-0.1, -0.05) is 12.1 Å². The second kappa shape index (κ2) is 16.5. The molecule has 3 heterocycles. The lowest BCUT2D eigenvalue weighted by Gasteiger charge is -2.36. The van der Waals surface area contributed by atoms with Crippen LogP contribution >= 0.6 is 0 Å². The normalized spacial score (nSPS) is 20.4. The second-order valence-corrected chi connectivity index (χ2v) is 12.3. The molecule has 12 heteroatoms. The molecule has 4 atom stereocenters. The average Bonchev–Trinajstić information content (AvgIpc) is 3.34. The maximum Gasteiger partial charge on any atom is 0.323 e. The summed E-state index contributed by atoms with van der Waals surface area (Å²) in [7, 11) is 2.06. The van der Waals surface area contributed by atoms with Crippen LogP contribution < -0.4 is 15.4 Å². The van der Waals surface area contributed by atoms with E-state index >= 15 is 0 Å². The molecular weight excluding hydrogens is 588 g/mol. The van der Waals surface area contributed by atoms with Crippen molar-refractivity contribution in [2.45, 2.75) is 78.7 Å². The summed E-state index contributed by atoms with van der Waals surface area (Å²) in [5, 5.41) is 19.7. The molecule has 0 aliphatic carbocycles. The zero-order valence-electron chi connectivity index (χ0n) is 27.8. The number of aromatic nitrogens is 2. The highest BCUT2D eigenvalue weighted by atomic mass is 16.5. The molecular formula is C34H48N6O6. The number of ether oxygens (including phenoxy) is 2. The minimum atomic E-state index is -0.498. The van der Waals surface area contributed by atoms with Crippen LogP contribution in [0.15, 0.2) is 47.2 Å². The zero-order chi connectivity index (χ0) is 33.2. The molecule has 0 radical (unpaired) electrons. The molecule has 3 N–H and O–H groups in total. The fourth-order valence-corrected chi connectivity index (χ4v) is 5.57. The SMILES string of the molecule is Cc1noc(C)c1NC(=O)Nc1ccc2c(c1)C(=O)N([C@H](C)CO)C[C@H](C)[C@H](CN(C)Cc1ccncc1)OCCCC[C@@H](C)O2. The average molecular weight is 637 g/mol. The first kappa shape index (κ1) is 34.9.